The number of pyridine rings is 1. The zero-order valence-corrected chi connectivity index (χ0v) is 14.3. The lowest BCUT2D eigenvalue weighted by atomic mass is 10.1. The number of aryl methyl sites for hydroxylation is 1. The number of likely N-dealkylation sites (tertiary alicyclic amines) is 1. The van der Waals surface area contributed by atoms with E-state index in [1.54, 1.807) is 27.9 Å². The second-order valence-corrected chi connectivity index (χ2v) is 6.47. The lowest BCUT2D eigenvalue weighted by molar-refractivity contribution is 0.0150. The van der Waals surface area contributed by atoms with Gasteiger partial charge in [-0.25, -0.2) is 4.98 Å². The van der Waals surface area contributed by atoms with E-state index in [4.69, 9.17) is 4.74 Å². The van der Waals surface area contributed by atoms with Crippen molar-refractivity contribution in [3.8, 4) is 5.88 Å². The van der Waals surface area contributed by atoms with Gasteiger partial charge < -0.3 is 9.64 Å². The molecule has 0 aromatic carbocycles. The molecule has 1 amide bonds. The third-order valence-electron chi connectivity index (χ3n) is 3.72. The zero-order chi connectivity index (χ0) is 16.7. The van der Waals surface area contributed by atoms with Crippen LogP contribution in [0.15, 0.2) is 35.3 Å². The number of hydrogen-bond acceptors (Lipinski definition) is 6. The van der Waals surface area contributed by atoms with Gasteiger partial charge in [0, 0.05) is 28.6 Å². The van der Waals surface area contributed by atoms with Gasteiger partial charge in [-0.15, -0.1) is 0 Å². The first-order valence-corrected chi connectivity index (χ1v) is 8.13. The van der Waals surface area contributed by atoms with Crippen LogP contribution in [-0.2, 0) is 0 Å². The van der Waals surface area contributed by atoms with Gasteiger partial charge in [0.15, 0.2) is 0 Å². The SMILES string of the molecule is Cc1cc(OC2CN(C(=O)c3cncc(Br)c3)C2)n2ncnc2n1. The van der Waals surface area contributed by atoms with E-state index >= 15 is 0 Å². The lowest BCUT2D eigenvalue weighted by Crippen LogP contribution is -2.56. The van der Waals surface area contributed by atoms with Crippen LogP contribution in [0.2, 0.25) is 0 Å². The topological polar surface area (TPSA) is 85.5 Å². The number of aromatic nitrogens is 5. The Morgan fingerprint density at radius 3 is 2.96 bits per heavy atom. The number of ether oxygens (including phenoxy) is 1. The molecule has 0 aliphatic carbocycles. The van der Waals surface area contributed by atoms with E-state index in [1.165, 1.54) is 6.33 Å². The number of halogens is 1. The summed E-state index contributed by atoms with van der Waals surface area (Å²) in [7, 11) is 0. The smallest absolute Gasteiger partial charge is 0.255 e. The van der Waals surface area contributed by atoms with Crippen molar-refractivity contribution >= 4 is 27.6 Å². The molecule has 8 nitrogen and oxygen atoms in total. The summed E-state index contributed by atoms with van der Waals surface area (Å²) < 4.78 is 8.28. The summed E-state index contributed by atoms with van der Waals surface area (Å²) in [5.41, 5.74) is 1.36. The Kier molecular flexibility index (Phi) is 3.64. The monoisotopic (exact) mass is 388 g/mol. The molecule has 0 saturated carbocycles. The predicted octanol–water partition coefficient (Wildman–Crippen LogP) is 1.49. The number of nitrogens with zero attached hydrogens (tertiary/aromatic N) is 6. The molecule has 0 atom stereocenters. The molecule has 0 unspecified atom stereocenters. The Labute approximate surface area is 145 Å². The molecule has 1 aliphatic rings. The minimum atomic E-state index is -0.0803. The summed E-state index contributed by atoms with van der Waals surface area (Å²) in [6.07, 6.45) is 4.56. The number of carbonyl (C=O) groups is 1. The second kappa shape index (κ2) is 5.82. The van der Waals surface area contributed by atoms with Crippen LogP contribution in [0.4, 0.5) is 0 Å². The first-order valence-electron chi connectivity index (χ1n) is 7.34. The molecule has 4 heterocycles. The Hall–Kier alpha value is -2.55. The van der Waals surface area contributed by atoms with Crippen LogP contribution in [0.1, 0.15) is 16.1 Å². The van der Waals surface area contributed by atoms with Crippen molar-refractivity contribution in [1.82, 2.24) is 29.5 Å². The molecule has 1 aliphatic heterocycles. The van der Waals surface area contributed by atoms with E-state index in [1.807, 2.05) is 13.0 Å². The van der Waals surface area contributed by atoms with Crippen molar-refractivity contribution in [2.45, 2.75) is 13.0 Å². The van der Waals surface area contributed by atoms with Gasteiger partial charge >= 0.3 is 0 Å². The fraction of sp³-hybridized carbons (Fsp3) is 0.267. The van der Waals surface area contributed by atoms with Gasteiger partial charge in [-0.2, -0.15) is 14.6 Å². The van der Waals surface area contributed by atoms with Crippen LogP contribution < -0.4 is 4.74 Å². The molecule has 24 heavy (non-hydrogen) atoms. The molecule has 1 saturated heterocycles. The fourth-order valence-corrected chi connectivity index (χ4v) is 2.91. The molecule has 1 fully saturated rings. The second-order valence-electron chi connectivity index (χ2n) is 5.55. The van der Waals surface area contributed by atoms with Gasteiger partial charge in [0.1, 0.15) is 12.4 Å². The number of carbonyl (C=O) groups excluding carboxylic acids is 1. The fourth-order valence-electron chi connectivity index (χ4n) is 2.54. The summed E-state index contributed by atoms with van der Waals surface area (Å²) in [5.74, 6) is 1.02. The molecule has 0 N–H and O–H groups in total. The van der Waals surface area contributed by atoms with E-state index < -0.39 is 0 Å². The standard InChI is InChI=1S/C15H13BrN6O2/c1-9-2-13(22-15(20-9)18-8-19-22)24-12-6-21(7-12)14(23)10-3-11(16)5-17-4-10/h2-5,8,12H,6-7H2,1H3. The molecule has 3 aromatic heterocycles. The molecule has 0 bridgehead atoms. The van der Waals surface area contributed by atoms with Crippen molar-refractivity contribution in [3.63, 3.8) is 0 Å². The minimum absolute atomic E-state index is 0.0551. The Bertz CT molecular complexity index is 921. The highest BCUT2D eigenvalue weighted by molar-refractivity contribution is 9.10. The first kappa shape index (κ1) is 15.0. The Balaban J connectivity index is 1.44. The maximum atomic E-state index is 12.4. The van der Waals surface area contributed by atoms with E-state index in [2.05, 4.69) is 36.0 Å². The van der Waals surface area contributed by atoms with Gasteiger partial charge in [-0.05, 0) is 28.9 Å². The van der Waals surface area contributed by atoms with Crippen LogP contribution in [-0.4, -0.2) is 54.6 Å². The molecule has 0 spiro atoms. The number of rotatable bonds is 3. The molecule has 0 radical (unpaired) electrons. The Morgan fingerprint density at radius 2 is 2.17 bits per heavy atom. The third-order valence-corrected chi connectivity index (χ3v) is 4.16. The number of fused-ring (bicyclic) bond motifs is 1. The minimum Gasteiger partial charge on any atom is -0.470 e. The number of amides is 1. The molecule has 122 valence electrons. The van der Waals surface area contributed by atoms with Crippen LogP contribution in [0, 0.1) is 6.92 Å². The van der Waals surface area contributed by atoms with E-state index in [0.29, 0.717) is 30.3 Å². The van der Waals surface area contributed by atoms with Gasteiger partial charge in [0.2, 0.25) is 5.88 Å². The first-order chi connectivity index (χ1) is 11.6. The Morgan fingerprint density at radius 1 is 1.33 bits per heavy atom. The molecule has 3 aromatic rings. The molecular weight excluding hydrogens is 376 g/mol. The van der Waals surface area contributed by atoms with Gasteiger partial charge in [-0.3, -0.25) is 9.78 Å². The zero-order valence-electron chi connectivity index (χ0n) is 12.8. The predicted molar refractivity (Wildman–Crippen MR) is 87.8 cm³/mol. The summed E-state index contributed by atoms with van der Waals surface area (Å²) in [6, 6.07) is 3.57. The van der Waals surface area contributed by atoms with Crippen molar-refractivity contribution in [1.29, 1.82) is 0 Å². The maximum Gasteiger partial charge on any atom is 0.255 e. The van der Waals surface area contributed by atoms with E-state index in [0.717, 1.165) is 10.2 Å². The average Bonchev–Trinajstić information content (AvgIpc) is 2.98. The highest BCUT2D eigenvalue weighted by Gasteiger charge is 2.33. The lowest BCUT2D eigenvalue weighted by Gasteiger charge is -2.38. The number of hydrogen-bond donors (Lipinski definition) is 0. The third kappa shape index (κ3) is 2.71. The van der Waals surface area contributed by atoms with Crippen molar-refractivity contribution in [2.24, 2.45) is 0 Å². The summed E-state index contributed by atoms with van der Waals surface area (Å²) in [4.78, 5) is 26.5. The molecule has 9 heteroatoms. The van der Waals surface area contributed by atoms with Gasteiger partial charge in [0.25, 0.3) is 11.7 Å². The average molecular weight is 389 g/mol. The van der Waals surface area contributed by atoms with E-state index in [9.17, 15) is 4.79 Å². The van der Waals surface area contributed by atoms with E-state index in [-0.39, 0.29) is 12.0 Å². The summed E-state index contributed by atoms with van der Waals surface area (Å²) >= 11 is 3.32. The van der Waals surface area contributed by atoms with Crippen LogP contribution in [0.3, 0.4) is 0 Å². The maximum absolute atomic E-state index is 12.4. The quantitative estimate of drug-likeness (QED) is 0.675. The van der Waals surface area contributed by atoms with Crippen LogP contribution in [0.25, 0.3) is 5.78 Å². The molecular formula is C15H13BrN6O2. The van der Waals surface area contributed by atoms with Gasteiger partial charge in [0.05, 0.1) is 18.7 Å². The summed E-state index contributed by atoms with van der Waals surface area (Å²) in [5, 5.41) is 4.11. The largest absolute Gasteiger partial charge is 0.470 e. The van der Waals surface area contributed by atoms with Crippen molar-refractivity contribution in [2.75, 3.05) is 13.1 Å². The summed E-state index contributed by atoms with van der Waals surface area (Å²) in [6.45, 7) is 2.91. The highest BCUT2D eigenvalue weighted by atomic mass is 79.9. The van der Waals surface area contributed by atoms with Crippen LogP contribution in [0.5, 0.6) is 5.88 Å². The highest BCUT2D eigenvalue weighted by Crippen LogP contribution is 2.21. The van der Waals surface area contributed by atoms with Crippen LogP contribution >= 0.6 is 15.9 Å². The van der Waals surface area contributed by atoms with Gasteiger partial charge in [-0.1, -0.05) is 0 Å². The van der Waals surface area contributed by atoms with Crippen molar-refractivity contribution in [3.05, 3.63) is 46.6 Å². The molecule has 4 rings (SSSR count). The van der Waals surface area contributed by atoms with Crippen molar-refractivity contribution < 1.29 is 9.53 Å². The normalized spacial score (nSPS) is 14.7.